The smallest absolute Gasteiger partial charge is 0.343 e. The van der Waals surface area contributed by atoms with Gasteiger partial charge >= 0.3 is 25.7 Å². The summed E-state index contributed by atoms with van der Waals surface area (Å²) in [6, 6.07) is 0.922. The Kier molecular flexibility index (Phi) is 11.5. The van der Waals surface area contributed by atoms with E-state index in [1.807, 2.05) is 5.70 Å². The quantitative estimate of drug-likeness (QED) is 0.269. The Labute approximate surface area is 179 Å². The maximum atomic E-state index is 6.78. The lowest BCUT2D eigenvalue weighted by Gasteiger charge is -2.43. The van der Waals surface area contributed by atoms with Gasteiger partial charge in [-0.05, 0) is 84.5 Å². The maximum Gasteiger partial charge on any atom is 0.343 e. The predicted molar refractivity (Wildman–Crippen MR) is 133 cm³/mol. The van der Waals surface area contributed by atoms with Crippen LogP contribution in [0.5, 0.6) is 0 Å². The Morgan fingerprint density at radius 3 is 1.75 bits per heavy atom. The molecule has 0 fully saturated rings. The van der Waals surface area contributed by atoms with Crippen LogP contribution in [0, 0.1) is 0 Å². The van der Waals surface area contributed by atoms with Gasteiger partial charge in [-0.25, -0.2) is 0 Å². The average molecular weight is 483 g/mol. The largest absolute Gasteiger partial charge is 0.437 e. The minimum Gasteiger partial charge on any atom is -0.437 e. The molecule has 28 heavy (non-hydrogen) atoms. The van der Waals surface area contributed by atoms with Gasteiger partial charge in [0.05, 0.1) is 0 Å². The lowest BCUT2D eigenvalue weighted by atomic mass is 10.5. The summed E-state index contributed by atoms with van der Waals surface area (Å²) >= 11 is 0. The summed E-state index contributed by atoms with van der Waals surface area (Å²) in [7, 11) is -10.8. The number of rotatable bonds is 15. The van der Waals surface area contributed by atoms with E-state index in [0.29, 0.717) is 6.54 Å². The average Bonchev–Trinajstić information content (AvgIpc) is 2.41. The van der Waals surface area contributed by atoms with Crippen molar-refractivity contribution in [3.63, 3.8) is 0 Å². The topological polar surface area (TPSA) is 75.0 Å². The Hall–Kier alpha value is 0.584. The van der Waals surface area contributed by atoms with Crippen molar-refractivity contribution < 1.29 is 16.5 Å². The monoisotopic (exact) mass is 482 g/mol. The van der Waals surface area contributed by atoms with E-state index < -0.39 is 42.3 Å². The molecule has 0 aliphatic rings. The molecule has 2 atom stereocenters. The van der Waals surface area contributed by atoms with Gasteiger partial charge in [-0.15, -0.1) is 6.58 Å². The maximum absolute atomic E-state index is 6.78. The van der Waals surface area contributed by atoms with Gasteiger partial charge < -0.3 is 27.5 Å². The molecule has 0 saturated heterocycles. The van der Waals surface area contributed by atoms with Crippen molar-refractivity contribution in [1.29, 1.82) is 0 Å². The van der Waals surface area contributed by atoms with Crippen LogP contribution in [-0.2, 0) is 16.5 Å². The van der Waals surface area contributed by atoms with Gasteiger partial charge in [0, 0.05) is 13.1 Å². The van der Waals surface area contributed by atoms with Gasteiger partial charge in [-0.3, -0.25) is 0 Å². The molecule has 2 unspecified atom stereocenters. The fraction of sp³-hybridized carbons (Fsp3) is 0.882. The molecule has 0 heterocycles. The second kappa shape index (κ2) is 11.3. The van der Waals surface area contributed by atoms with Crippen LogP contribution in [0.15, 0.2) is 12.3 Å². The number of hydrogen-bond donors (Lipinski definition) is 2. The first-order valence-electron chi connectivity index (χ1n) is 10.3. The van der Waals surface area contributed by atoms with Crippen LogP contribution in [0.1, 0.15) is 6.42 Å². The van der Waals surface area contributed by atoms with Crippen LogP contribution in [0.25, 0.3) is 0 Å². The highest BCUT2D eigenvalue weighted by Crippen LogP contribution is 2.29. The van der Waals surface area contributed by atoms with Crippen molar-refractivity contribution >= 4 is 42.3 Å². The van der Waals surface area contributed by atoms with E-state index in [1.165, 1.54) is 0 Å². The summed E-state index contributed by atoms with van der Waals surface area (Å²) in [6.07, 6.45) is 1.00. The van der Waals surface area contributed by atoms with Crippen molar-refractivity contribution in [2.45, 2.75) is 77.9 Å². The number of nitrogens with two attached hydrogens (primary N) is 1. The molecule has 6 nitrogen and oxygen atoms in total. The Balaban J connectivity index is 5.32. The van der Waals surface area contributed by atoms with Crippen molar-refractivity contribution in [2.75, 3.05) is 19.6 Å². The SMILES string of the molecule is C=C[Si](C)(O[Si](C)(C)O[Si](C)(C)C)O[Si](C)(CCCNCCN)O[Si](C)(C)C. The first kappa shape index (κ1) is 28.6. The number of nitrogens with one attached hydrogen (secondary N) is 1. The summed E-state index contributed by atoms with van der Waals surface area (Å²) in [6.45, 7) is 28.2. The van der Waals surface area contributed by atoms with E-state index in [9.17, 15) is 0 Å². The first-order chi connectivity index (χ1) is 12.4. The van der Waals surface area contributed by atoms with Crippen molar-refractivity contribution in [2.24, 2.45) is 5.73 Å². The minimum atomic E-state index is -2.63. The van der Waals surface area contributed by atoms with Crippen LogP contribution < -0.4 is 11.1 Å². The van der Waals surface area contributed by atoms with Crippen LogP contribution in [0.3, 0.4) is 0 Å². The van der Waals surface area contributed by atoms with Gasteiger partial charge in [0.1, 0.15) is 0 Å². The van der Waals surface area contributed by atoms with Crippen LogP contribution >= 0.6 is 0 Å². The van der Waals surface area contributed by atoms with E-state index >= 15 is 0 Å². The van der Waals surface area contributed by atoms with Crippen molar-refractivity contribution in [1.82, 2.24) is 5.32 Å². The van der Waals surface area contributed by atoms with Gasteiger partial charge in [0.15, 0.2) is 16.6 Å². The molecule has 0 aliphatic carbocycles. The Bertz CT molecular complexity index is 485. The van der Waals surface area contributed by atoms with Crippen LogP contribution in [0.2, 0.25) is 71.5 Å². The molecule has 168 valence electrons. The molecule has 0 spiro atoms. The van der Waals surface area contributed by atoms with Crippen LogP contribution in [-0.4, -0.2) is 62.0 Å². The third kappa shape index (κ3) is 13.7. The molecular weight excluding hydrogens is 437 g/mol. The summed E-state index contributed by atoms with van der Waals surface area (Å²) in [5.41, 5.74) is 7.45. The van der Waals surface area contributed by atoms with E-state index in [1.54, 1.807) is 0 Å². The summed E-state index contributed by atoms with van der Waals surface area (Å²) in [5.74, 6) is 0. The molecular formula is C17H46N2O4Si5. The van der Waals surface area contributed by atoms with E-state index in [4.69, 9.17) is 22.2 Å². The summed E-state index contributed by atoms with van der Waals surface area (Å²) < 4.78 is 26.4. The third-order valence-corrected chi connectivity index (χ3v) is 21.1. The second-order valence-electron chi connectivity index (χ2n) is 10.0. The standard InChI is InChI=1S/C17H46N2O4Si5/c1-12-27(10,22-26(8,9)20-24(2,3)4)23-28(11,21-25(5,6)7)17-13-15-19-16-14-18/h12,19H,1,13-18H2,2-11H3. The molecule has 0 aromatic carbocycles. The van der Waals surface area contributed by atoms with E-state index in [0.717, 1.165) is 25.6 Å². The lowest BCUT2D eigenvalue weighted by molar-refractivity contribution is 0.299. The van der Waals surface area contributed by atoms with Crippen LogP contribution in [0.4, 0.5) is 0 Å². The Morgan fingerprint density at radius 2 is 1.32 bits per heavy atom. The third-order valence-electron chi connectivity index (χ3n) is 3.62. The molecule has 0 bridgehead atoms. The molecule has 0 aliphatic heterocycles. The molecule has 0 aromatic heterocycles. The minimum absolute atomic E-state index is 0.655. The zero-order chi connectivity index (χ0) is 22.3. The number of hydrogen-bond acceptors (Lipinski definition) is 6. The fourth-order valence-corrected chi connectivity index (χ4v) is 25.7. The predicted octanol–water partition coefficient (Wildman–Crippen LogP) is 4.23. The van der Waals surface area contributed by atoms with Gasteiger partial charge in [-0.2, -0.15) is 0 Å². The fourth-order valence-electron chi connectivity index (χ4n) is 3.31. The highest BCUT2D eigenvalue weighted by atomic mass is 28.5. The molecule has 0 radical (unpaired) electrons. The molecule has 3 N–H and O–H groups in total. The van der Waals surface area contributed by atoms with Gasteiger partial charge in [0.25, 0.3) is 0 Å². The van der Waals surface area contributed by atoms with Crippen molar-refractivity contribution in [3.8, 4) is 0 Å². The first-order valence-corrected chi connectivity index (χ1v) is 24.8. The molecule has 11 heteroatoms. The Morgan fingerprint density at radius 1 is 0.786 bits per heavy atom. The van der Waals surface area contributed by atoms with Gasteiger partial charge in [0.2, 0.25) is 0 Å². The zero-order valence-electron chi connectivity index (χ0n) is 20.0. The molecule has 0 aromatic rings. The molecule has 0 rings (SSSR count). The zero-order valence-corrected chi connectivity index (χ0v) is 25.0. The second-order valence-corrected chi connectivity index (χ2v) is 29.8. The van der Waals surface area contributed by atoms with Crippen molar-refractivity contribution in [3.05, 3.63) is 12.3 Å². The highest BCUT2D eigenvalue weighted by molar-refractivity contribution is 6.92. The molecule has 0 amide bonds. The normalized spacial score (nSPS) is 17.8. The molecule has 0 saturated carbocycles. The highest BCUT2D eigenvalue weighted by Gasteiger charge is 2.47. The summed E-state index contributed by atoms with van der Waals surface area (Å²) in [4.78, 5) is 0. The van der Waals surface area contributed by atoms with Gasteiger partial charge in [-0.1, -0.05) is 5.70 Å². The van der Waals surface area contributed by atoms with E-state index in [2.05, 4.69) is 77.4 Å². The lowest BCUT2D eigenvalue weighted by Crippen LogP contribution is -2.59. The van der Waals surface area contributed by atoms with E-state index in [-0.39, 0.29) is 0 Å². The summed E-state index contributed by atoms with van der Waals surface area (Å²) in [5, 5.41) is 3.36.